The first kappa shape index (κ1) is 16.5. The van der Waals surface area contributed by atoms with Crippen molar-refractivity contribution in [2.75, 3.05) is 12.3 Å². The van der Waals surface area contributed by atoms with Crippen molar-refractivity contribution in [3.05, 3.63) is 23.0 Å². The van der Waals surface area contributed by atoms with Crippen LogP contribution in [0.3, 0.4) is 0 Å². The Labute approximate surface area is 130 Å². The van der Waals surface area contributed by atoms with E-state index in [2.05, 4.69) is 0 Å². The summed E-state index contributed by atoms with van der Waals surface area (Å²) >= 11 is 5.92. The van der Waals surface area contributed by atoms with Crippen LogP contribution in [0.2, 0.25) is 5.02 Å². The number of nitrogen functional groups attached to an aromatic ring is 1. The quantitative estimate of drug-likeness (QED) is 0.812. The van der Waals surface area contributed by atoms with Crippen molar-refractivity contribution in [1.29, 1.82) is 0 Å². The first-order valence-corrected chi connectivity index (χ1v) is 8.81. The summed E-state index contributed by atoms with van der Waals surface area (Å²) < 4.78 is 40.4. The van der Waals surface area contributed by atoms with Crippen LogP contribution >= 0.6 is 11.6 Å². The molecule has 21 heavy (non-hydrogen) atoms. The van der Waals surface area contributed by atoms with Crippen molar-refractivity contribution in [1.82, 2.24) is 4.31 Å². The predicted molar refractivity (Wildman–Crippen MR) is 82.2 cm³/mol. The molecule has 0 saturated heterocycles. The Hall–Kier alpha value is -0.850. The Kier molecular flexibility index (Phi) is 4.80. The van der Waals surface area contributed by atoms with Crippen LogP contribution in [0.15, 0.2) is 17.0 Å². The van der Waals surface area contributed by atoms with Gasteiger partial charge in [0.15, 0.2) is 0 Å². The lowest BCUT2D eigenvalue weighted by Gasteiger charge is -2.23. The monoisotopic (exact) mass is 334 g/mol. The molecule has 2 rings (SSSR count). The molecule has 0 amide bonds. The third-order valence-corrected chi connectivity index (χ3v) is 5.94. The average molecular weight is 335 g/mol. The maximum Gasteiger partial charge on any atom is 0.244 e. The average Bonchev–Trinajstić information content (AvgIpc) is 3.17. The van der Waals surface area contributed by atoms with Gasteiger partial charge in [-0.05, 0) is 37.3 Å². The van der Waals surface area contributed by atoms with Gasteiger partial charge in [-0.15, -0.1) is 0 Å². The minimum absolute atomic E-state index is 0.0242. The van der Waals surface area contributed by atoms with Gasteiger partial charge in [0.1, 0.15) is 10.7 Å². The normalized spacial score (nSPS) is 15.9. The zero-order chi connectivity index (χ0) is 15.8. The van der Waals surface area contributed by atoms with E-state index in [1.165, 1.54) is 4.31 Å². The lowest BCUT2D eigenvalue weighted by Crippen LogP contribution is -2.34. The zero-order valence-corrected chi connectivity index (χ0v) is 13.7. The van der Waals surface area contributed by atoms with Crippen LogP contribution in [0.25, 0.3) is 0 Å². The largest absolute Gasteiger partial charge is 0.396 e. The van der Waals surface area contributed by atoms with E-state index in [0.29, 0.717) is 12.5 Å². The summed E-state index contributed by atoms with van der Waals surface area (Å²) in [5.41, 5.74) is 5.27. The van der Waals surface area contributed by atoms with E-state index in [0.717, 1.165) is 31.4 Å². The highest BCUT2D eigenvalue weighted by Gasteiger charge is 2.38. The van der Waals surface area contributed by atoms with Gasteiger partial charge in [-0.3, -0.25) is 0 Å². The lowest BCUT2D eigenvalue weighted by molar-refractivity contribution is 0.373. The highest BCUT2D eigenvalue weighted by Crippen LogP contribution is 2.36. The summed E-state index contributed by atoms with van der Waals surface area (Å²) in [6, 6.07) is 2.09. The summed E-state index contributed by atoms with van der Waals surface area (Å²) in [6.45, 7) is 4.53. The number of rotatable bonds is 6. The molecule has 7 heteroatoms. The van der Waals surface area contributed by atoms with Gasteiger partial charge >= 0.3 is 0 Å². The molecule has 0 atom stereocenters. The first-order valence-electron chi connectivity index (χ1n) is 7.00. The van der Waals surface area contributed by atoms with E-state index in [1.807, 2.05) is 13.8 Å². The van der Waals surface area contributed by atoms with Crippen LogP contribution in [0.5, 0.6) is 0 Å². The molecule has 0 aliphatic heterocycles. The van der Waals surface area contributed by atoms with Gasteiger partial charge in [-0.25, -0.2) is 12.8 Å². The molecule has 1 aliphatic carbocycles. The number of hydrogen-bond donors (Lipinski definition) is 1. The molecule has 0 unspecified atom stereocenters. The molecule has 0 radical (unpaired) electrons. The molecule has 0 spiro atoms. The van der Waals surface area contributed by atoms with Crippen molar-refractivity contribution in [2.24, 2.45) is 5.92 Å². The molecule has 2 N–H and O–H groups in total. The van der Waals surface area contributed by atoms with E-state index in [1.54, 1.807) is 0 Å². The summed E-state index contributed by atoms with van der Waals surface area (Å²) in [5.74, 6) is -0.311. The van der Waals surface area contributed by atoms with Gasteiger partial charge in [0.25, 0.3) is 0 Å². The van der Waals surface area contributed by atoms with Crippen LogP contribution in [-0.2, 0) is 10.0 Å². The zero-order valence-electron chi connectivity index (χ0n) is 12.1. The Balaban J connectivity index is 2.36. The van der Waals surface area contributed by atoms with Gasteiger partial charge in [0.05, 0.1) is 10.7 Å². The van der Waals surface area contributed by atoms with Gasteiger partial charge in [-0.1, -0.05) is 25.4 Å². The van der Waals surface area contributed by atoms with E-state index < -0.39 is 15.8 Å². The van der Waals surface area contributed by atoms with Crippen molar-refractivity contribution >= 4 is 27.3 Å². The van der Waals surface area contributed by atoms with Crippen molar-refractivity contribution < 1.29 is 12.8 Å². The van der Waals surface area contributed by atoms with Crippen LogP contribution in [-0.4, -0.2) is 25.3 Å². The van der Waals surface area contributed by atoms with E-state index in [9.17, 15) is 12.8 Å². The molecule has 1 aromatic rings. The number of sulfonamides is 1. The second-order valence-corrected chi connectivity index (χ2v) is 8.10. The summed E-state index contributed by atoms with van der Waals surface area (Å²) in [7, 11) is -3.75. The Morgan fingerprint density at radius 3 is 2.57 bits per heavy atom. The molecule has 0 bridgehead atoms. The number of benzene rings is 1. The SMILES string of the molecule is CC(C)CCN(C1CC1)S(=O)(=O)c1cc(N)c(F)cc1Cl. The minimum Gasteiger partial charge on any atom is -0.396 e. The molecule has 4 nitrogen and oxygen atoms in total. The maximum atomic E-state index is 13.4. The lowest BCUT2D eigenvalue weighted by atomic mass is 10.1. The fraction of sp³-hybridized carbons (Fsp3) is 0.571. The van der Waals surface area contributed by atoms with Crippen LogP contribution < -0.4 is 5.73 Å². The van der Waals surface area contributed by atoms with Gasteiger partial charge < -0.3 is 5.73 Å². The number of nitrogens with zero attached hydrogens (tertiary/aromatic N) is 1. The van der Waals surface area contributed by atoms with Crippen molar-refractivity contribution in [3.63, 3.8) is 0 Å². The van der Waals surface area contributed by atoms with Crippen molar-refractivity contribution in [2.45, 2.75) is 44.0 Å². The fourth-order valence-corrected chi connectivity index (χ4v) is 4.34. The van der Waals surface area contributed by atoms with Crippen LogP contribution in [0.1, 0.15) is 33.1 Å². The smallest absolute Gasteiger partial charge is 0.244 e. The molecule has 1 aliphatic rings. The molecule has 1 fully saturated rings. The minimum atomic E-state index is -3.75. The van der Waals surface area contributed by atoms with E-state index >= 15 is 0 Å². The topological polar surface area (TPSA) is 63.4 Å². The molecular weight excluding hydrogens is 315 g/mol. The number of halogens is 2. The molecule has 0 heterocycles. The van der Waals surface area contributed by atoms with E-state index in [-0.39, 0.29) is 21.6 Å². The summed E-state index contributed by atoms with van der Waals surface area (Å²) in [6.07, 6.45) is 2.47. The van der Waals surface area contributed by atoms with Gasteiger partial charge in [-0.2, -0.15) is 4.31 Å². The van der Waals surface area contributed by atoms with Crippen molar-refractivity contribution in [3.8, 4) is 0 Å². The molecule has 0 aromatic heterocycles. The maximum absolute atomic E-state index is 13.4. The molecule has 1 saturated carbocycles. The number of hydrogen-bond acceptors (Lipinski definition) is 3. The second kappa shape index (κ2) is 6.10. The Morgan fingerprint density at radius 2 is 2.05 bits per heavy atom. The third kappa shape index (κ3) is 3.67. The molecular formula is C14H20ClFN2O2S. The van der Waals surface area contributed by atoms with Gasteiger partial charge in [0, 0.05) is 12.6 Å². The highest BCUT2D eigenvalue weighted by molar-refractivity contribution is 7.89. The Morgan fingerprint density at radius 1 is 1.43 bits per heavy atom. The van der Waals surface area contributed by atoms with Crippen LogP contribution in [0.4, 0.5) is 10.1 Å². The Bertz CT molecular complexity index is 630. The summed E-state index contributed by atoms with van der Waals surface area (Å²) in [5, 5.41) is -0.128. The summed E-state index contributed by atoms with van der Waals surface area (Å²) in [4.78, 5) is -0.112. The highest BCUT2D eigenvalue weighted by atomic mass is 35.5. The van der Waals surface area contributed by atoms with Gasteiger partial charge in [0.2, 0.25) is 10.0 Å². The predicted octanol–water partition coefficient (Wildman–Crippen LogP) is 3.26. The molecule has 1 aromatic carbocycles. The first-order chi connectivity index (χ1) is 9.73. The number of anilines is 1. The van der Waals surface area contributed by atoms with E-state index in [4.69, 9.17) is 17.3 Å². The fourth-order valence-electron chi connectivity index (χ4n) is 2.12. The molecule has 118 valence electrons. The third-order valence-electron chi connectivity index (χ3n) is 3.52. The van der Waals surface area contributed by atoms with Crippen LogP contribution in [0, 0.1) is 11.7 Å². The number of nitrogens with two attached hydrogens (primary N) is 1. The second-order valence-electron chi connectivity index (χ2n) is 5.83. The standard InChI is InChI=1S/C14H20ClFN2O2S/c1-9(2)5-6-18(10-3-4-10)21(19,20)14-8-13(17)12(16)7-11(14)15/h7-10H,3-6,17H2,1-2H3.